The van der Waals surface area contributed by atoms with Gasteiger partial charge in [0.15, 0.2) is 0 Å². The smallest absolute Gasteiger partial charge is 0.268 e. The molecule has 0 heterocycles. The minimum absolute atomic E-state index is 0.00809. The SMILES string of the molecule is CC/C=C\C/C=C\C/C=C\C/C=C\C/C=C\C/C=C\C/C=C\CCCCCCCCCC(=O)NC(COP(=O)([O-])OCC[N+](C)(C)C)C(O)/C=C/CCCCCCCCCCCCCCCCCC. The van der Waals surface area contributed by atoms with E-state index in [0.717, 1.165) is 96.3 Å². The predicted octanol–water partition coefficient (Wildman–Crippen LogP) is 16.4. The molecule has 0 fully saturated rings. The van der Waals surface area contributed by atoms with E-state index < -0.39 is 20.0 Å². The zero-order chi connectivity index (χ0) is 50.6. The molecular weight excluding hydrogens is 876 g/mol. The highest BCUT2D eigenvalue weighted by molar-refractivity contribution is 7.45. The molecule has 0 aromatic rings. The first-order chi connectivity index (χ1) is 33.5. The minimum Gasteiger partial charge on any atom is -0.756 e. The maximum absolute atomic E-state index is 13.0. The zero-order valence-corrected chi connectivity index (χ0v) is 46.1. The summed E-state index contributed by atoms with van der Waals surface area (Å²) in [6, 6.07) is -0.900. The number of hydrogen-bond donors (Lipinski definition) is 2. The second kappa shape index (κ2) is 50.4. The second-order valence-electron chi connectivity index (χ2n) is 19.9. The van der Waals surface area contributed by atoms with Gasteiger partial charge in [0.1, 0.15) is 13.2 Å². The quantitative estimate of drug-likeness (QED) is 0.0272. The first kappa shape index (κ1) is 66.4. The first-order valence-corrected chi connectivity index (χ1v) is 29.6. The fourth-order valence-electron chi connectivity index (χ4n) is 7.66. The number of amides is 1. The molecule has 1 amide bonds. The lowest BCUT2D eigenvalue weighted by Gasteiger charge is -2.29. The van der Waals surface area contributed by atoms with Gasteiger partial charge in [-0.25, -0.2) is 0 Å². The fraction of sp³-hybridized carbons (Fsp3) is 0.717. The minimum atomic E-state index is -4.61. The van der Waals surface area contributed by atoms with E-state index in [1.807, 2.05) is 27.2 Å². The van der Waals surface area contributed by atoms with E-state index in [-0.39, 0.29) is 19.1 Å². The summed E-state index contributed by atoms with van der Waals surface area (Å²) in [5, 5.41) is 13.9. The lowest BCUT2D eigenvalue weighted by molar-refractivity contribution is -0.870. The van der Waals surface area contributed by atoms with Crippen molar-refractivity contribution in [2.75, 3.05) is 40.9 Å². The number of carbonyl (C=O) groups excluding carboxylic acids is 1. The van der Waals surface area contributed by atoms with Crippen LogP contribution in [0, 0.1) is 0 Å². The van der Waals surface area contributed by atoms with Gasteiger partial charge in [0.25, 0.3) is 7.82 Å². The molecule has 0 aliphatic heterocycles. The number of nitrogens with zero attached hydrogens (tertiary/aromatic N) is 1. The number of aliphatic hydroxyl groups is 1. The summed E-state index contributed by atoms with van der Waals surface area (Å²) in [6.45, 7) is 4.53. The van der Waals surface area contributed by atoms with Crippen LogP contribution in [0.25, 0.3) is 0 Å². The molecule has 398 valence electrons. The van der Waals surface area contributed by atoms with E-state index in [4.69, 9.17) is 9.05 Å². The second-order valence-corrected chi connectivity index (χ2v) is 21.3. The van der Waals surface area contributed by atoms with Gasteiger partial charge in [0.05, 0.1) is 39.9 Å². The number of aliphatic hydroxyl groups excluding tert-OH is 1. The van der Waals surface area contributed by atoms with Crippen LogP contribution in [0.2, 0.25) is 0 Å². The molecule has 0 saturated carbocycles. The van der Waals surface area contributed by atoms with E-state index in [9.17, 15) is 19.4 Å². The Morgan fingerprint density at radius 2 is 0.884 bits per heavy atom. The molecular formula is C60H107N2O6P. The standard InChI is InChI=1S/C60H107N2O6P/c1-6-8-10-12-14-16-18-20-22-24-26-27-28-29-30-31-32-33-34-35-36-38-40-42-44-46-48-50-52-54-60(64)61-58(57-68-69(65,66)67-56-55-62(3,4)5)59(63)53-51-49-47-45-43-41-39-37-25-23-21-19-17-15-13-11-9-7-2/h8,10,14,16,20,22,26-27,29-30,32-33,35-36,51,53,58-59,63H,6-7,9,11-13,15,17-19,21,23-25,28,31,34,37-50,52,54-57H2,1-5H3,(H-,61,64,65,66)/b10-8-,16-14-,22-20-,27-26-,30-29-,33-32-,36-35-,53-51+. The average Bonchev–Trinajstić information content (AvgIpc) is 3.31. The molecule has 9 heteroatoms. The summed E-state index contributed by atoms with van der Waals surface area (Å²) in [5.74, 6) is -0.212. The van der Waals surface area contributed by atoms with Gasteiger partial charge < -0.3 is 28.8 Å². The number of allylic oxidation sites excluding steroid dienone is 15. The number of rotatable bonds is 50. The number of phosphoric acid groups is 1. The topological polar surface area (TPSA) is 108 Å². The summed E-state index contributed by atoms with van der Waals surface area (Å²) < 4.78 is 23.3. The van der Waals surface area contributed by atoms with Crippen LogP contribution >= 0.6 is 7.82 Å². The van der Waals surface area contributed by atoms with Crippen molar-refractivity contribution in [1.29, 1.82) is 0 Å². The molecule has 2 N–H and O–H groups in total. The third-order valence-electron chi connectivity index (χ3n) is 12.0. The third kappa shape index (κ3) is 53.1. The number of nitrogens with one attached hydrogen (secondary N) is 1. The molecule has 0 aromatic heterocycles. The molecule has 3 unspecified atom stereocenters. The number of quaternary nitrogens is 1. The van der Waals surface area contributed by atoms with Crippen LogP contribution < -0.4 is 10.2 Å². The van der Waals surface area contributed by atoms with Crippen molar-refractivity contribution < 1.29 is 32.9 Å². The van der Waals surface area contributed by atoms with Crippen molar-refractivity contribution in [3.63, 3.8) is 0 Å². The Kier molecular flexibility index (Phi) is 48.5. The molecule has 0 saturated heterocycles. The van der Waals surface area contributed by atoms with Gasteiger partial charge in [0, 0.05) is 6.42 Å². The van der Waals surface area contributed by atoms with Crippen LogP contribution in [-0.4, -0.2) is 68.5 Å². The maximum atomic E-state index is 13.0. The van der Waals surface area contributed by atoms with Gasteiger partial charge >= 0.3 is 0 Å². The largest absolute Gasteiger partial charge is 0.756 e. The summed E-state index contributed by atoms with van der Waals surface area (Å²) in [7, 11) is 1.24. The number of phosphoric ester groups is 1. The molecule has 0 spiro atoms. The molecule has 8 nitrogen and oxygen atoms in total. The van der Waals surface area contributed by atoms with Crippen LogP contribution in [0.5, 0.6) is 0 Å². The molecule has 0 rings (SSSR count). The number of carbonyl (C=O) groups is 1. The van der Waals surface area contributed by atoms with E-state index in [1.54, 1.807) is 6.08 Å². The Bertz CT molecular complexity index is 1440. The summed E-state index contributed by atoms with van der Waals surface area (Å²) in [4.78, 5) is 25.5. The van der Waals surface area contributed by atoms with Crippen molar-refractivity contribution in [2.45, 2.75) is 238 Å². The molecule has 0 aliphatic rings. The van der Waals surface area contributed by atoms with Crippen LogP contribution in [0.4, 0.5) is 0 Å². The van der Waals surface area contributed by atoms with E-state index in [1.165, 1.54) is 109 Å². The van der Waals surface area contributed by atoms with Crippen LogP contribution in [0.3, 0.4) is 0 Å². The Labute approximate surface area is 426 Å². The average molecular weight is 983 g/mol. The van der Waals surface area contributed by atoms with Crippen molar-refractivity contribution in [2.24, 2.45) is 0 Å². The highest BCUT2D eigenvalue weighted by Gasteiger charge is 2.23. The highest BCUT2D eigenvalue weighted by Crippen LogP contribution is 2.38. The fourth-order valence-corrected chi connectivity index (χ4v) is 8.39. The van der Waals surface area contributed by atoms with Crippen LogP contribution in [-0.2, 0) is 18.4 Å². The van der Waals surface area contributed by atoms with E-state index in [2.05, 4.69) is 104 Å². The lowest BCUT2D eigenvalue weighted by atomic mass is 10.0. The zero-order valence-electron chi connectivity index (χ0n) is 45.2. The Hall–Kier alpha value is -2.58. The highest BCUT2D eigenvalue weighted by atomic mass is 31.2. The molecule has 0 radical (unpaired) electrons. The van der Waals surface area contributed by atoms with Crippen molar-refractivity contribution in [3.8, 4) is 0 Å². The van der Waals surface area contributed by atoms with E-state index in [0.29, 0.717) is 17.4 Å². The van der Waals surface area contributed by atoms with Gasteiger partial charge in [-0.15, -0.1) is 0 Å². The van der Waals surface area contributed by atoms with Crippen LogP contribution in [0.15, 0.2) is 97.2 Å². The van der Waals surface area contributed by atoms with Crippen molar-refractivity contribution >= 4 is 13.7 Å². The van der Waals surface area contributed by atoms with Gasteiger partial charge in [-0.05, 0) is 77.0 Å². The maximum Gasteiger partial charge on any atom is 0.268 e. The third-order valence-corrected chi connectivity index (χ3v) is 13.0. The molecule has 69 heavy (non-hydrogen) atoms. The normalized spacial score (nSPS) is 14.7. The van der Waals surface area contributed by atoms with Gasteiger partial charge in [-0.3, -0.25) is 9.36 Å². The monoisotopic (exact) mass is 983 g/mol. The summed E-state index contributed by atoms with van der Waals surface area (Å²) in [6.07, 6.45) is 71.8. The Morgan fingerprint density at radius 3 is 1.29 bits per heavy atom. The molecule has 0 aromatic carbocycles. The first-order valence-electron chi connectivity index (χ1n) is 28.1. The van der Waals surface area contributed by atoms with E-state index >= 15 is 0 Å². The molecule has 3 atom stereocenters. The number of likely N-dealkylation sites (N-methyl/N-ethyl adjacent to an activating group) is 1. The Balaban J connectivity index is 4.28. The van der Waals surface area contributed by atoms with Gasteiger partial charge in [-0.1, -0.05) is 239 Å². The van der Waals surface area contributed by atoms with Crippen molar-refractivity contribution in [1.82, 2.24) is 5.32 Å². The number of hydrogen-bond acceptors (Lipinski definition) is 6. The van der Waals surface area contributed by atoms with Gasteiger partial charge in [-0.2, -0.15) is 0 Å². The summed E-state index contributed by atoms with van der Waals surface area (Å²) in [5.41, 5.74) is 0. The number of unbranched alkanes of at least 4 members (excludes halogenated alkanes) is 23. The Morgan fingerprint density at radius 1 is 0.522 bits per heavy atom. The van der Waals surface area contributed by atoms with Crippen molar-refractivity contribution in [3.05, 3.63) is 97.2 Å². The lowest BCUT2D eigenvalue weighted by Crippen LogP contribution is -2.45. The van der Waals surface area contributed by atoms with Crippen LogP contribution in [0.1, 0.15) is 226 Å². The summed E-state index contributed by atoms with van der Waals surface area (Å²) >= 11 is 0. The molecule has 0 aliphatic carbocycles. The predicted molar refractivity (Wildman–Crippen MR) is 297 cm³/mol. The molecule has 0 bridgehead atoms. The van der Waals surface area contributed by atoms with Gasteiger partial charge in [0.2, 0.25) is 5.91 Å².